The van der Waals surface area contributed by atoms with E-state index in [4.69, 9.17) is 16.9 Å². The zero-order chi connectivity index (χ0) is 18.3. The minimum atomic E-state index is -4.46. The zero-order valence-electron chi connectivity index (χ0n) is 13.0. The van der Waals surface area contributed by atoms with E-state index in [1.54, 1.807) is 12.1 Å². The number of amides is 2. The summed E-state index contributed by atoms with van der Waals surface area (Å²) >= 11 is 5.74. The third-order valence-corrected chi connectivity index (χ3v) is 3.20. The lowest BCUT2D eigenvalue weighted by Crippen LogP contribution is -2.34. The van der Waals surface area contributed by atoms with Crippen LogP contribution >= 0.6 is 11.6 Å². The molecule has 1 aromatic rings. The first-order chi connectivity index (χ1) is 11.1. The maximum absolute atomic E-state index is 12.5. The average molecular weight is 361 g/mol. The fourth-order valence-electron chi connectivity index (χ4n) is 1.47. The van der Waals surface area contributed by atoms with Gasteiger partial charge in [-0.15, -0.1) is 0 Å². The maximum Gasteiger partial charge on any atom is 0.396 e. The molecule has 0 aliphatic carbocycles. The average Bonchev–Trinajstić information content (AvgIpc) is 2.51. The van der Waals surface area contributed by atoms with Crippen molar-refractivity contribution in [3.63, 3.8) is 0 Å². The Morgan fingerprint density at radius 1 is 1.42 bits per heavy atom. The van der Waals surface area contributed by atoms with Gasteiger partial charge in [0.2, 0.25) is 0 Å². The van der Waals surface area contributed by atoms with Crippen LogP contribution in [0.15, 0.2) is 29.4 Å². The molecule has 2 amide bonds. The highest BCUT2D eigenvalue weighted by Crippen LogP contribution is 2.24. The first-order valence-electron chi connectivity index (χ1n) is 6.98. The van der Waals surface area contributed by atoms with Gasteiger partial charge < -0.3 is 5.32 Å². The van der Waals surface area contributed by atoms with E-state index in [1.807, 2.05) is 6.07 Å². The summed E-state index contributed by atoms with van der Waals surface area (Å²) in [4.78, 5) is 12.2. The molecule has 1 rings (SSSR count). The molecule has 1 N–H and O–H groups in total. The highest BCUT2D eigenvalue weighted by Gasteiger charge is 2.35. The van der Waals surface area contributed by atoms with E-state index in [9.17, 15) is 18.0 Å². The van der Waals surface area contributed by atoms with Crippen LogP contribution in [-0.2, 0) is 0 Å². The van der Waals surface area contributed by atoms with E-state index in [1.165, 1.54) is 19.1 Å². The molecule has 0 spiro atoms. The number of halogens is 4. The highest BCUT2D eigenvalue weighted by molar-refractivity contribution is 6.30. The van der Waals surface area contributed by atoms with E-state index in [0.717, 1.165) is 11.9 Å². The van der Waals surface area contributed by atoms with Crippen molar-refractivity contribution in [3.05, 3.63) is 29.3 Å². The molecular formula is C15H16ClF3N4O. The third-order valence-electron chi connectivity index (χ3n) is 2.94. The van der Waals surface area contributed by atoms with Gasteiger partial charge in [0.05, 0.1) is 24.4 Å². The molecule has 0 fully saturated rings. The standard InChI is InChI=1S/C15H16ClF3N4O/c1-10(7-20)9-23(21-8-11(2)15(17,18)19)14(24)22-13-5-3-12(16)4-6-13/h3-6,8,10-11H,9H2,1-2H3,(H,22,24)/b21-8+. The van der Waals surface area contributed by atoms with Gasteiger partial charge in [0.15, 0.2) is 0 Å². The molecule has 0 heterocycles. The topological polar surface area (TPSA) is 68.5 Å². The fraction of sp³-hybridized carbons (Fsp3) is 0.400. The number of alkyl halides is 3. The number of hydrazone groups is 1. The molecule has 1 aromatic carbocycles. The summed E-state index contributed by atoms with van der Waals surface area (Å²) < 4.78 is 37.6. The van der Waals surface area contributed by atoms with E-state index < -0.39 is 24.0 Å². The number of benzene rings is 1. The number of anilines is 1. The van der Waals surface area contributed by atoms with Gasteiger partial charge in [0, 0.05) is 16.9 Å². The molecule has 0 aromatic heterocycles. The molecule has 0 bridgehead atoms. The van der Waals surface area contributed by atoms with Gasteiger partial charge in [-0.25, -0.2) is 9.80 Å². The Morgan fingerprint density at radius 2 is 2.00 bits per heavy atom. The quantitative estimate of drug-likeness (QED) is 0.619. The van der Waals surface area contributed by atoms with Crippen LogP contribution in [0.25, 0.3) is 0 Å². The van der Waals surface area contributed by atoms with Gasteiger partial charge >= 0.3 is 12.2 Å². The molecule has 9 heteroatoms. The van der Waals surface area contributed by atoms with Gasteiger partial charge in [-0.2, -0.15) is 23.5 Å². The van der Waals surface area contributed by atoms with Crippen LogP contribution in [0.5, 0.6) is 0 Å². The number of urea groups is 1. The lowest BCUT2D eigenvalue weighted by atomic mass is 10.2. The smallest absolute Gasteiger partial charge is 0.306 e. The second kappa shape index (κ2) is 8.55. The number of nitrogens with one attached hydrogen (secondary N) is 1. The SMILES string of the molecule is CC(C#N)CN(/N=C/C(C)C(F)(F)F)C(=O)Nc1ccc(Cl)cc1. The predicted molar refractivity (Wildman–Crippen MR) is 85.7 cm³/mol. The van der Waals surface area contributed by atoms with Crippen LogP contribution in [0.1, 0.15) is 13.8 Å². The second-order valence-corrected chi connectivity index (χ2v) is 5.58. The van der Waals surface area contributed by atoms with Crippen molar-refractivity contribution in [2.45, 2.75) is 20.0 Å². The van der Waals surface area contributed by atoms with Crippen molar-refractivity contribution in [1.82, 2.24) is 5.01 Å². The van der Waals surface area contributed by atoms with E-state index >= 15 is 0 Å². The van der Waals surface area contributed by atoms with Crippen molar-refractivity contribution in [3.8, 4) is 6.07 Å². The minimum absolute atomic E-state index is 0.142. The van der Waals surface area contributed by atoms with Gasteiger partial charge in [-0.1, -0.05) is 11.6 Å². The molecule has 0 aliphatic rings. The summed E-state index contributed by atoms with van der Waals surface area (Å²) in [6.07, 6.45) is -3.83. The van der Waals surface area contributed by atoms with Crippen LogP contribution < -0.4 is 5.32 Å². The number of carbonyl (C=O) groups excluding carboxylic acids is 1. The van der Waals surface area contributed by atoms with Crippen LogP contribution in [0.4, 0.5) is 23.7 Å². The van der Waals surface area contributed by atoms with Crippen molar-refractivity contribution < 1.29 is 18.0 Å². The maximum atomic E-state index is 12.5. The Bertz CT molecular complexity index is 625. The Balaban J connectivity index is 2.88. The fourth-order valence-corrected chi connectivity index (χ4v) is 1.59. The van der Waals surface area contributed by atoms with Crippen molar-refractivity contribution in [2.24, 2.45) is 16.9 Å². The van der Waals surface area contributed by atoms with E-state index in [2.05, 4.69) is 10.4 Å². The molecule has 0 saturated heterocycles. The Kier molecular flexibility index (Phi) is 7.04. The van der Waals surface area contributed by atoms with Crippen LogP contribution in [-0.4, -0.2) is 30.0 Å². The van der Waals surface area contributed by atoms with Gasteiger partial charge in [0.1, 0.15) is 0 Å². The number of hydrogen-bond acceptors (Lipinski definition) is 3. The van der Waals surface area contributed by atoms with Crippen molar-refractivity contribution in [2.75, 3.05) is 11.9 Å². The summed E-state index contributed by atoms with van der Waals surface area (Å²) in [6.45, 7) is 2.31. The molecule has 5 nitrogen and oxygen atoms in total. The molecule has 0 aliphatic heterocycles. The normalized spacial score (nSPS) is 14.0. The van der Waals surface area contributed by atoms with Crippen molar-refractivity contribution >= 4 is 29.5 Å². The first kappa shape index (κ1) is 19.8. The molecule has 130 valence electrons. The lowest BCUT2D eigenvalue weighted by molar-refractivity contribution is -0.149. The summed E-state index contributed by atoms with van der Waals surface area (Å²) in [7, 11) is 0. The Labute approximate surface area is 142 Å². The minimum Gasteiger partial charge on any atom is -0.306 e. The number of hydrogen-bond donors (Lipinski definition) is 1. The number of rotatable bonds is 5. The van der Waals surface area contributed by atoms with Crippen LogP contribution in [0, 0.1) is 23.2 Å². The number of nitrogens with zero attached hydrogens (tertiary/aromatic N) is 3. The summed E-state index contributed by atoms with van der Waals surface area (Å²) in [5.74, 6) is -2.42. The van der Waals surface area contributed by atoms with E-state index in [0.29, 0.717) is 16.9 Å². The second-order valence-electron chi connectivity index (χ2n) is 5.14. The summed E-state index contributed by atoms with van der Waals surface area (Å²) in [6, 6.07) is 7.33. The molecule has 2 unspecified atom stereocenters. The summed E-state index contributed by atoms with van der Waals surface area (Å²) in [5.41, 5.74) is 0.401. The van der Waals surface area contributed by atoms with Gasteiger partial charge in [-0.3, -0.25) is 0 Å². The Morgan fingerprint density at radius 3 is 2.50 bits per heavy atom. The highest BCUT2D eigenvalue weighted by atomic mass is 35.5. The van der Waals surface area contributed by atoms with Crippen LogP contribution in [0.2, 0.25) is 5.02 Å². The monoisotopic (exact) mass is 360 g/mol. The number of nitriles is 1. The Hall–Kier alpha value is -2.27. The molecule has 2 atom stereocenters. The summed E-state index contributed by atoms with van der Waals surface area (Å²) in [5, 5.41) is 16.2. The van der Waals surface area contributed by atoms with E-state index in [-0.39, 0.29) is 6.54 Å². The van der Waals surface area contributed by atoms with Gasteiger partial charge in [0.25, 0.3) is 0 Å². The zero-order valence-corrected chi connectivity index (χ0v) is 13.8. The predicted octanol–water partition coefficient (Wildman–Crippen LogP) is 4.52. The molecule has 0 saturated carbocycles. The number of carbonyl (C=O) groups is 1. The molecule has 0 radical (unpaired) electrons. The largest absolute Gasteiger partial charge is 0.396 e. The van der Waals surface area contributed by atoms with Crippen LogP contribution in [0.3, 0.4) is 0 Å². The first-order valence-corrected chi connectivity index (χ1v) is 7.35. The lowest BCUT2D eigenvalue weighted by Gasteiger charge is -2.20. The molecule has 24 heavy (non-hydrogen) atoms. The van der Waals surface area contributed by atoms with Gasteiger partial charge in [-0.05, 0) is 38.1 Å². The third kappa shape index (κ3) is 6.46. The molecular weight excluding hydrogens is 345 g/mol. The van der Waals surface area contributed by atoms with Crippen molar-refractivity contribution in [1.29, 1.82) is 5.26 Å².